The minimum Gasteiger partial charge on any atom is -0.298 e. The van der Waals surface area contributed by atoms with Crippen molar-refractivity contribution in [3.05, 3.63) is 0 Å². The van der Waals surface area contributed by atoms with Gasteiger partial charge in [-0.1, -0.05) is 13.8 Å². The molecule has 0 spiro atoms. The highest BCUT2D eigenvalue weighted by Gasteiger charge is 2.22. The van der Waals surface area contributed by atoms with Gasteiger partial charge in [-0.2, -0.15) is 0 Å². The van der Waals surface area contributed by atoms with Crippen LogP contribution in [0.5, 0.6) is 0 Å². The topological polar surface area (TPSA) is 3.24 Å². The van der Waals surface area contributed by atoms with E-state index in [4.69, 9.17) is 0 Å². The zero-order chi connectivity index (χ0) is 9.84. The molecule has 0 aliphatic carbocycles. The summed E-state index contributed by atoms with van der Waals surface area (Å²) in [7, 11) is 0. The van der Waals surface area contributed by atoms with Gasteiger partial charge >= 0.3 is 0 Å². The third-order valence-electron chi connectivity index (χ3n) is 2.97. The van der Waals surface area contributed by atoms with E-state index in [0.29, 0.717) is 5.92 Å². The van der Waals surface area contributed by atoms with Crippen LogP contribution in [0, 0.1) is 11.8 Å². The normalized spacial score (nSPS) is 21.7. The zero-order valence-corrected chi connectivity index (χ0v) is 8.47. The van der Waals surface area contributed by atoms with E-state index in [2.05, 4.69) is 13.8 Å². The van der Waals surface area contributed by atoms with Crippen molar-refractivity contribution >= 4 is 0 Å². The van der Waals surface area contributed by atoms with Crippen molar-refractivity contribution in [1.82, 2.24) is 4.90 Å². The molecule has 1 fully saturated rings. The molecular weight excluding hydrogens is 172 g/mol. The van der Waals surface area contributed by atoms with E-state index in [1.807, 2.05) is 4.90 Å². The van der Waals surface area contributed by atoms with Gasteiger partial charge in [-0.25, -0.2) is 8.78 Å². The zero-order valence-electron chi connectivity index (χ0n) is 8.47. The van der Waals surface area contributed by atoms with Gasteiger partial charge in [0.05, 0.1) is 6.54 Å². The Kier molecular flexibility index (Phi) is 4.10. The summed E-state index contributed by atoms with van der Waals surface area (Å²) >= 11 is 0. The average Bonchev–Trinajstić information content (AvgIpc) is 2.04. The number of rotatable bonds is 3. The lowest BCUT2D eigenvalue weighted by molar-refractivity contribution is 0.0634. The summed E-state index contributed by atoms with van der Waals surface area (Å²) in [6.45, 7) is 6.10. The van der Waals surface area contributed by atoms with E-state index < -0.39 is 6.43 Å². The maximum Gasteiger partial charge on any atom is 0.251 e. The summed E-state index contributed by atoms with van der Waals surface area (Å²) < 4.78 is 24.1. The minimum absolute atomic E-state index is 0.0369. The van der Waals surface area contributed by atoms with E-state index in [-0.39, 0.29) is 6.54 Å². The molecule has 1 rings (SSSR count). The van der Waals surface area contributed by atoms with Crippen molar-refractivity contribution < 1.29 is 8.78 Å². The van der Waals surface area contributed by atoms with Crippen LogP contribution < -0.4 is 0 Å². The first-order valence-electron chi connectivity index (χ1n) is 5.10. The van der Waals surface area contributed by atoms with Crippen LogP contribution in [0.3, 0.4) is 0 Å². The van der Waals surface area contributed by atoms with Crippen LogP contribution in [0.4, 0.5) is 8.78 Å². The van der Waals surface area contributed by atoms with Gasteiger partial charge in [0, 0.05) is 0 Å². The summed E-state index contributed by atoms with van der Waals surface area (Å²) in [4.78, 5) is 1.88. The molecule has 1 saturated heterocycles. The fourth-order valence-electron chi connectivity index (χ4n) is 2.00. The number of likely N-dealkylation sites (tertiary alicyclic amines) is 1. The lowest BCUT2D eigenvalue weighted by Gasteiger charge is -2.33. The first-order chi connectivity index (χ1) is 6.09. The molecule has 0 atom stereocenters. The number of nitrogens with zero attached hydrogens (tertiary/aromatic N) is 1. The quantitative estimate of drug-likeness (QED) is 0.663. The van der Waals surface area contributed by atoms with Crippen LogP contribution in [0.2, 0.25) is 0 Å². The summed E-state index contributed by atoms with van der Waals surface area (Å²) in [5, 5.41) is 0. The van der Waals surface area contributed by atoms with E-state index in [9.17, 15) is 8.78 Å². The molecule has 1 aliphatic rings. The van der Waals surface area contributed by atoms with E-state index in [1.165, 1.54) is 0 Å². The van der Waals surface area contributed by atoms with Gasteiger partial charge in [0.25, 0.3) is 6.43 Å². The molecule has 1 aliphatic heterocycles. The smallest absolute Gasteiger partial charge is 0.251 e. The van der Waals surface area contributed by atoms with Gasteiger partial charge in [-0.15, -0.1) is 0 Å². The van der Waals surface area contributed by atoms with Crippen molar-refractivity contribution in [2.75, 3.05) is 19.6 Å². The molecule has 1 nitrogen and oxygen atoms in total. The average molecular weight is 191 g/mol. The molecule has 0 saturated carbocycles. The molecule has 3 heteroatoms. The maximum atomic E-state index is 12.0. The molecule has 0 radical (unpaired) electrons. The molecule has 13 heavy (non-hydrogen) atoms. The van der Waals surface area contributed by atoms with Crippen molar-refractivity contribution in [2.45, 2.75) is 33.1 Å². The van der Waals surface area contributed by atoms with Crippen LogP contribution >= 0.6 is 0 Å². The van der Waals surface area contributed by atoms with Crippen molar-refractivity contribution in [1.29, 1.82) is 0 Å². The number of hydrogen-bond donors (Lipinski definition) is 0. The van der Waals surface area contributed by atoms with Crippen molar-refractivity contribution in [3.63, 3.8) is 0 Å². The van der Waals surface area contributed by atoms with Gasteiger partial charge in [-0.05, 0) is 37.8 Å². The molecule has 0 unspecified atom stereocenters. The van der Waals surface area contributed by atoms with Crippen LogP contribution in [0.1, 0.15) is 26.7 Å². The number of piperidine rings is 1. The number of hydrogen-bond acceptors (Lipinski definition) is 1. The predicted octanol–water partition coefficient (Wildman–Crippen LogP) is 2.62. The first-order valence-corrected chi connectivity index (χ1v) is 5.10. The highest BCUT2D eigenvalue weighted by atomic mass is 19.3. The largest absolute Gasteiger partial charge is 0.298 e. The lowest BCUT2D eigenvalue weighted by Crippen LogP contribution is -2.37. The number of halogens is 2. The third kappa shape index (κ3) is 3.59. The van der Waals surface area contributed by atoms with Crippen molar-refractivity contribution in [3.8, 4) is 0 Å². The third-order valence-corrected chi connectivity index (χ3v) is 2.97. The van der Waals surface area contributed by atoms with Crippen LogP contribution in [0.25, 0.3) is 0 Å². The highest BCUT2D eigenvalue weighted by Crippen LogP contribution is 2.24. The summed E-state index contributed by atoms with van der Waals surface area (Å²) in [5.41, 5.74) is 0. The van der Waals surface area contributed by atoms with Crippen molar-refractivity contribution in [2.24, 2.45) is 11.8 Å². The van der Waals surface area contributed by atoms with E-state index in [0.717, 1.165) is 31.8 Å². The molecule has 0 aromatic rings. The van der Waals surface area contributed by atoms with E-state index >= 15 is 0 Å². The Morgan fingerprint density at radius 3 is 2.15 bits per heavy atom. The Morgan fingerprint density at radius 2 is 1.77 bits per heavy atom. The molecule has 1 heterocycles. The van der Waals surface area contributed by atoms with E-state index in [1.54, 1.807) is 0 Å². The van der Waals surface area contributed by atoms with Crippen LogP contribution in [-0.2, 0) is 0 Å². The second-order valence-corrected chi connectivity index (χ2v) is 4.27. The summed E-state index contributed by atoms with van der Waals surface area (Å²) in [6.07, 6.45) is 0.00463. The second kappa shape index (κ2) is 4.89. The first kappa shape index (κ1) is 10.9. The summed E-state index contributed by atoms with van der Waals surface area (Å²) in [5.74, 6) is 1.45. The van der Waals surface area contributed by atoms with Gasteiger partial charge in [0.2, 0.25) is 0 Å². The molecule has 0 N–H and O–H groups in total. The Balaban J connectivity index is 2.22. The standard InChI is InChI=1S/C10H19F2N/c1-8(2)9-3-5-13(6-4-9)7-10(11)12/h8-10H,3-7H2,1-2H3. The fraction of sp³-hybridized carbons (Fsp3) is 1.00. The predicted molar refractivity (Wildman–Crippen MR) is 50.0 cm³/mol. The Bertz CT molecular complexity index is 140. The summed E-state index contributed by atoms with van der Waals surface area (Å²) in [6, 6.07) is 0. The SMILES string of the molecule is CC(C)C1CCN(CC(F)F)CC1. The molecule has 0 aromatic carbocycles. The molecule has 0 bridgehead atoms. The molecule has 0 amide bonds. The van der Waals surface area contributed by atoms with Gasteiger partial charge in [0.1, 0.15) is 0 Å². The van der Waals surface area contributed by atoms with Crippen LogP contribution in [0.15, 0.2) is 0 Å². The monoisotopic (exact) mass is 191 g/mol. The Labute approximate surface area is 79.1 Å². The van der Waals surface area contributed by atoms with Gasteiger partial charge in [-0.3, -0.25) is 4.90 Å². The minimum atomic E-state index is -2.17. The van der Waals surface area contributed by atoms with Gasteiger partial charge in [0.15, 0.2) is 0 Å². The van der Waals surface area contributed by atoms with Gasteiger partial charge < -0.3 is 0 Å². The molecule has 0 aromatic heterocycles. The maximum absolute atomic E-state index is 12.0. The Hall–Kier alpha value is -0.180. The number of alkyl halides is 2. The Morgan fingerprint density at radius 1 is 1.23 bits per heavy atom. The van der Waals surface area contributed by atoms with Crippen LogP contribution in [-0.4, -0.2) is 31.0 Å². The fourth-order valence-corrected chi connectivity index (χ4v) is 2.00. The second-order valence-electron chi connectivity index (χ2n) is 4.27. The highest BCUT2D eigenvalue weighted by molar-refractivity contribution is 4.74. The molecule has 78 valence electrons. The molecular formula is C10H19F2N. The lowest BCUT2D eigenvalue weighted by atomic mass is 9.87.